The Labute approximate surface area is 195 Å². The summed E-state index contributed by atoms with van der Waals surface area (Å²) in [4.78, 5) is 16.0. The van der Waals surface area contributed by atoms with E-state index in [1.54, 1.807) is 31.3 Å². The summed E-state index contributed by atoms with van der Waals surface area (Å²) < 4.78 is 44.3. The molecule has 0 fully saturated rings. The van der Waals surface area contributed by atoms with Crippen LogP contribution in [0.5, 0.6) is 11.5 Å². The van der Waals surface area contributed by atoms with Crippen LogP contribution in [0.3, 0.4) is 0 Å². The van der Waals surface area contributed by atoms with Gasteiger partial charge in [0.2, 0.25) is 0 Å². The van der Waals surface area contributed by atoms with E-state index in [0.717, 1.165) is 5.69 Å². The number of methoxy groups -OCH3 is 1. The van der Waals surface area contributed by atoms with Gasteiger partial charge >= 0.3 is 6.09 Å². The number of carbonyl (C=O) groups excluding carboxylic acids is 1. The van der Waals surface area contributed by atoms with Crippen molar-refractivity contribution in [1.82, 2.24) is 4.90 Å². The molecule has 1 amide bonds. The van der Waals surface area contributed by atoms with Gasteiger partial charge in [0.15, 0.2) is 0 Å². The van der Waals surface area contributed by atoms with Crippen molar-refractivity contribution < 1.29 is 27.4 Å². The van der Waals surface area contributed by atoms with Gasteiger partial charge in [-0.15, -0.1) is 0 Å². The van der Waals surface area contributed by atoms with Crippen LogP contribution in [0.25, 0.3) is 0 Å². The van der Waals surface area contributed by atoms with Crippen LogP contribution in [0.4, 0.5) is 16.2 Å². The zero-order valence-electron chi connectivity index (χ0n) is 19.6. The number of benzene rings is 2. The molecule has 0 spiro atoms. The second kappa shape index (κ2) is 9.78. The minimum Gasteiger partial charge on any atom is -0.497 e. The van der Waals surface area contributed by atoms with Crippen molar-refractivity contribution in [3.05, 3.63) is 42.5 Å². The van der Waals surface area contributed by atoms with E-state index in [9.17, 15) is 13.2 Å². The lowest BCUT2D eigenvalue weighted by atomic mass is 10.2. The first-order valence-corrected chi connectivity index (χ1v) is 12.1. The van der Waals surface area contributed by atoms with Gasteiger partial charge in [0.25, 0.3) is 10.0 Å². The van der Waals surface area contributed by atoms with Gasteiger partial charge in [-0.05, 0) is 57.2 Å². The highest BCUT2D eigenvalue weighted by molar-refractivity contribution is 7.92. The number of hydrogen-bond acceptors (Lipinski definition) is 7. The smallest absolute Gasteiger partial charge is 0.410 e. The molecule has 180 valence electrons. The van der Waals surface area contributed by atoms with Crippen molar-refractivity contribution in [3.63, 3.8) is 0 Å². The Kier molecular flexibility index (Phi) is 7.26. The topological polar surface area (TPSA) is 97.4 Å². The Morgan fingerprint density at radius 2 is 1.88 bits per heavy atom. The molecule has 3 rings (SSSR count). The maximum absolute atomic E-state index is 12.7. The minimum absolute atomic E-state index is 0.133. The fourth-order valence-corrected chi connectivity index (χ4v) is 4.29. The number of sulfonamides is 1. The molecule has 1 heterocycles. The predicted octanol–water partition coefficient (Wildman–Crippen LogP) is 3.56. The fourth-order valence-electron chi connectivity index (χ4n) is 3.24. The first kappa shape index (κ1) is 24.5. The van der Waals surface area contributed by atoms with Crippen LogP contribution < -0.4 is 19.1 Å². The Morgan fingerprint density at radius 1 is 1.18 bits per heavy atom. The van der Waals surface area contributed by atoms with Gasteiger partial charge in [0.1, 0.15) is 23.7 Å². The molecular weight excluding hydrogens is 446 g/mol. The number of nitrogens with zero attached hydrogens (tertiary/aromatic N) is 2. The Balaban J connectivity index is 1.67. The van der Waals surface area contributed by atoms with Gasteiger partial charge in [-0.3, -0.25) is 4.72 Å². The quantitative estimate of drug-likeness (QED) is 0.651. The molecule has 0 saturated carbocycles. The highest BCUT2D eigenvalue weighted by Crippen LogP contribution is 2.34. The third kappa shape index (κ3) is 6.44. The van der Waals surface area contributed by atoms with Crippen molar-refractivity contribution >= 4 is 27.5 Å². The molecule has 2 aromatic carbocycles. The van der Waals surface area contributed by atoms with Crippen LogP contribution in [0, 0.1) is 0 Å². The van der Waals surface area contributed by atoms with E-state index in [0.29, 0.717) is 43.4 Å². The lowest BCUT2D eigenvalue weighted by Gasteiger charge is -2.33. The summed E-state index contributed by atoms with van der Waals surface area (Å²) in [6.07, 6.45) is -0.376. The van der Waals surface area contributed by atoms with E-state index < -0.39 is 15.6 Å². The molecule has 33 heavy (non-hydrogen) atoms. The number of hydrogen-bond donors (Lipinski definition) is 1. The van der Waals surface area contributed by atoms with Gasteiger partial charge in [-0.1, -0.05) is 0 Å². The number of rotatable bonds is 7. The molecule has 10 heteroatoms. The summed E-state index contributed by atoms with van der Waals surface area (Å²) in [5.41, 5.74) is 0.690. The highest BCUT2D eigenvalue weighted by Gasteiger charge is 2.23. The molecule has 2 aromatic rings. The average Bonchev–Trinajstić information content (AvgIpc) is 2.75. The van der Waals surface area contributed by atoms with Crippen LogP contribution in [-0.4, -0.2) is 65.4 Å². The number of anilines is 2. The van der Waals surface area contributed by atoms with Gasteiger partial charge in [0.05, 0.1) is 29.9 Å². The van der Waals surface area contributed by atoms with Gasteiger partial charge in [-0.2, -0.15) is 0 Å². The van der Waals surface area contributed by atoms with Crippen molar-refractivity contribution in [2.24, 2.45) is 0 Å². The summed E-state index contributed by atoms with van der Waals surface area (Å²) >= 11 is 0. The maximum Gasteiger partial charge on any atom is 0.410 e. The lowest BCUT2D eigenvalue weighted by molar-refractivity contribution is 0.0303. The number of amides is 1. The molecule has 9 nitrogen and oxygen atoms in total. The molecule has 0 unspecified atom stereocenters. The fraction of sp³-hybridized carbons (Fsp3) is 0.435. The SMILES string of the molecule is COc1ccc(S(=O)(=O)Nc2ccc3c(c2)OCCN3CCN(C)C(=O)OC(C)(C)C)cc1. The number of fused-ring (bicyclic) bond motifs is 1. The molecular formula is C23H31N3O6S. The van der Waals surface area contributed by atoms with Crippen molar-refractivity contribution in [2.75, 3.05) is 50.0 Å². The monoisotopic (exact) mass is 477 g/mol. The zero-order chi connectivity index (χ0) is 24.2. The first-order valence-electron chi connectivity index (χ1n) is 10.6. The van der Waals surface area contributed by atoms with E-state index >= 15 is 0 Å². The molecule has 1 N–H and O–H groups in total. The van der Waals surface area contributed by atoms with Crippen LogP contribution >= 0.6 is 0 Å². The highest BCUT2D eigenvalue weighted by atomic mass is 32.2. The van der Waals surface area contributed by atoms with E-state index in [1.165, 1.54) is 24.1 Å². The molecule has 0 aliphatic carbocycles. The van der Waals surface area contributed by atoms with E-state index in [1.807, 2.05) is 26.8 Å². The summed E-state index contributed by atoms with van der Waals surface area (Å²) in [6.45, 7) is 7.67. The van der Waals surface area contributed by atoms with Crippen molar-refractivity contribution in [1.29, 1.82) is 0 Å². The second-order valence-corrected chi connectivity index (χ2v) is 10.4. The third-order valence-electron chi connectivity index (χ3n) is 4.95. The molecule has 1 aliphatic heterocycles. The van der Waals surface area contributed by atoms with Crippen molar-refractivity contribution in [2.45, 2.75) is 31.3 Å². The summed E-state index contributed by atoms with van der Waals surface area (Å²) in [5, 5.41) is 0. The minimum atomic E-state index is -3.76. The number of ether oxygens (including phenoxy) is 3. The third-order valence-corrected chi connectivity index (χ3v) is 6.35. The molecule has 1 aliphatic rings. The normalized spacial score (nSPS) is 13.5. The van der Waals surface area contributed by atoms with Gasteiger partial charge < -0.3 is 24.0 Å². The Morgan fingerprint density at radius 3 is 2.52 bits per heavy atom. The maximum atomic E-state index is 12.7. The molecule has 0 bridgehead atoms. The van der Waals surface area contributed by atoms with Crippen LogP contribution in [-0.2, 0) is 14.8 Å². The largest absolute Gasteiger partial charge is 0.497 e. The van der Waals surface area contributed by atoms with Gasteiger partial charge in [0, 0.05) is 26.2 Å². The van der Waals surface area contributed by atoms with Crippen LogP contribution in [0.15, 0.2) is 47.4 Å². The van der Waals surface area contributed by atoms with Crippen LogP contribution in [0.1, 0.15) is 20.8 Å². The number of carbonyl (C=O) groups is 1. The van der Waals surface area contributed by atoms with E-state index in [4.69, 9.17) is 14.2 Å². The van der Waals surface area contributed by atoms with E-state index in [-0.39, 0.29) is 11.0 Å². The summed E-state index contributed by atoms with van der Waals surface area (Å²) in [5.74, 6) is 1.16. The standard InChI is InChI=1S/C23H31N3O6S/c1-23(2,3)32-22(27)25(4)12-13-26-14-15-31-21-16-17(6-11-20(21)26)24-33(28,29)19-9-7-18(30-5)8-10-19/h6-11,16,24H,12-15H2,1-5H3. The van der Waals surface area contributed by atoms with E-state index in [2.05, 4.69) is 9.62 Å². The molecule has 0 atom stereocenters. The number of nitrogens with one attached hydrogen (secondary N) is 1. The zero-order valence-corrected chi connectivity index (χ0v) is 20.4. The first-order chi connectivity index (χ1) is 15.5. The Bertz CT molecular complexity index is 1080. The molecule has 0 radical (unpaired) electrons. The molecule has 0 aromatic heterocycles. The summed E-state index contributed by atoms with van der Waals surface area (Å²) in [7, 11) is -0.535. The molecule has 0 saturated heterocycles. The van der Waals surface area contributed by atoms with Gasteiger partial charge in [-0.25, -0.2) is 13.2 Å². The Hall–Kier alpha value is -3.14. The van der Waals surface area contributed by atoms with Crippen LogP contribution in [0.2, 0.25) is 0 Å². The number of likely N-dealkylation sites (N-methyl/N-ethyl adjacent to an activating group) is 1. The predicted molar refractivity (Wildman–Crippen MR) is 127 cm³/mol. The average molecular weight is 478 g/mol. The van der Waals surface area contributed by atoms with Crippen molar-refractivity contribution in [3.8, 4) is 11.5 Å². The summed E-state index contributed by atoms with van der Waals surface area (Å²) in [6, 6.07) is 11.3. The second-order valence-electron chi connectivity index (χ2n) is 8.70. The lowest BCUT2D eigenvalue weighted by Crippen LogP contribution is -2.41.